The molecule has 16 heavy (non-hydrogen) atoms. The summed E-state index contributed by atoms with van der Waals surface area (Å²) in [4.78, 5) is 0. The van der Waals surface area contributed by atoms with Gasteiger partial charge >= 0.3 is 0 Å². The van der Waals surface area contributed by atoms with Gasteiger partial charge in [0.2, 0.25) is 0 Å². The van der Waals surface area contributed by atoms with Gasteiger partial charge in [-0.05, 0) is 50.8 Å². The maximum Gasteiger partial charge on any atom is 0.155 e. The van der Waals surface area contributed by atoms with E-state index in [1.165, 1.54) is 22.3 Å². The number of aliphatic hydroxyl groups excluding tert-OH is 1. The lowest BCUT2D eigenvalue weighted by Gasteiger charge is -2.28. The van der Waals surface area contributed by atoms with Crippen LogP contribution < -0.4 is 0 Å². The van der Waals surface area contributed by atoms with Crippen molar-refractivity contribution in [3.05, 3.63) is 34.4 Å². The van der Waals surface area contributed by atoms with Gasteiger partial charge in [-0.3, -0.25) is 0 Å². The van der Waals surface area contributed by atoms with Crippen molar-refractivity contribution in [3.63, 3.8) is 0 Å². The van der Waals surface area contributed by atoms with Crippen LogP contribution in [0.15, 0.2) is 12.1 Å². The lowest BCUT2D eigenvalue weighted by atomic mass is 9.85. The van der Waals surface area contributed by atoms with Gasteiger partial charge in [0.1, 0.15) is 0 Å². The summed E-state index contributed by atoms with van der Waals surface area (Å²) in [5, 5.41) is 9.54. The first-order valence-corrected chi connectivity index (χ1v) is 5.86. The molecule has 2 atom stereocenters. The summed E-state index contributed by atoms with van der Waals surface area (Å²) in [6.45, 7) is 8.42. The number of hydrogen-bond donors (Lipinski definition) is 1. The number of rotatable bonds is 1. The number of ether oxygens (including phenoxy) is 1. The molecule has 2 unspecified atom stereocenters. The van der Waals surface area contributed by atoms with E-state index in [-0.39, 0.29) is 5.60 Å². The van der Waals surface area contributed by atoms with E-state index in [9.17, 15) is 5.11 Å². The van der Waals surface area contributed by atoms with Crippen LogP contribution in [0.4, 0.5) is 0 Å². The summed E-state index contributed by atoms with van der Waals surface area (Å²) in [5.41, 5.74) is 4.72. The summed E-state index contributed by atoms with van der Waals surface area (Å²) >= 11 is 0. The second-order valence-corrected chi connectivity index (χ2v) is 5.12. The number of aliphatic hydroxyl groups is 1. The first-order chi connectivity index (χ1) is 7.42. The third-order valence-corrected chi connectivity index (χ3v) is 3.47. The lowest BCUT2D eigenvalue weighted by Crippen LogP contribution is -2.24. The predicted molar refractivity (Wildman–Crippen MR) is 64.3 cm³/mol. The Balaban J connectivity index is 2.48. The van der Waals surface area contributed by atoms with Gasteiger partial charge < -0.3 is 9.84 Å². The highest BCUT2D eigenvalue weighted by molar-refractivity contribution is 5.41. The molecule has 0 aliphatic carbocycles. The van der Waals surface area contributed by atoms with Crippen LogP contribution in [0.1, 0.15) is 42.0 Å². The van der Waals surface area contributed by atoms with Crippen molar-refractivity contribution in [3.8, 4) is 0 Å². The van der Waals surface area contributed by atoms with E-state index in [1.54, 1.807) is 0 Å². The molecular weight excluding hydrogens is 200 g/mol. The molecule has 0 saturated carbocycles. The molecule has 1 aliphatic rings. The zero-order chi connectivity index (χ0) is 11.9. The smallest absolute Gasteiger partial charge is 0.155 e. The van der Waals surface area contributed by atoms with Crippen molar-refractivity contribution in [1.29, 1.82) is 0 Å². The molecule has 0 amide bonds. The highest BCUT2D eigenvalue weighted by Gasteiger charge is 2.38. The van der Waals surface area contributed by atoms with E-state index in [2.05, 4.69) is 39.8 Å². The lowest BCUT2D eigenvalue weighted by molar-refractivity contribution is -0.134. The van der Waals surface area contributed by atoms with Gasteiger partial charge in [-0.2, -0.15) is 0 Å². The topological polar surface area (TPSA) is 29.5 Å². The average Bonchev–Trinajstić information content (AvgIpc) is 2.44. The molecule has 2 nitrogen and oxygen atoms in total. The Morgan fingerprint density at radius 1 is 1.25 bits per heavy atom. The highest BCUT2D eigenvalue weighted by atomic mass is 16.6. The van der Waals surface area contributed by atoms with E-state index >= 15 is 0 Å². The Morgan fingerprint density at radius 3 is 2.25 bits per heavy atom. The van der Waals surface area contributed by atoms with Crippen molar-refractivity contribution in [1.82, 2.24) is 0 Å². The summed E-state index contributed by atoms with van der Waals surface area (Å²) < 4.78 is 5.69. The molecule has 1 aromatic rings. The Morgan fingerprint density at radius 2 is 1.81 bits per heavy atom. The standard InChI is InChI=1S/C14H20O2/c1-9-7-10(2)13(11(3)8-9)14(4)6-5-12(15)16-14/h7-8,12,15H,5-6H2,1-4H3. The molecule has 1 fully saturated rings. The molecule has 0 bridgehead atoms. The third-order valence-electron chi connectivity index (χ3n) is 3.47. The minimum atomic E-state index is -0.606. The van der Waals surface area contributed by atoms with Crippen LogP contribution in [-0.4, -0.2) is 11.4 Å². The van der Waals surface area contributed by atoms with Crippen molar-refractivity contribution >= 4 is 0 Å². The van der Waals surface area contributed by atoms with E-state index < -0.39 is 6.29 Å². The monoisotopic (exact) mass is 220 g/mol. The summed E-state index contributed by atoms with van der Waals surface area (Å²) in [6.07, 6.45) is 1.01. The molecule has 88 valence electrons. The first-order valence-electron chi connectivity index (χ1n) is 5.86. The molecule has 1 N–H and O–H groups in total. The molecule has 1 aliphatic heterocycles. The van der Waals surface area contributed by atoms with Gasteiger partial charge in [0.25, 0.3) is 0 Å². The molecule has 2 rings (SSSR count). The quantitative estimate of drug-likeness (QED) is 0.788. The SMILES string of the molecule is Cc1cc(C)c(C2(C)CCC(O)O2)c(C)c1. The Hall–Kier alpha value is -0.860. The second kappa shape index (κ2) is 3.86. The fraction of sp³-hybridized carbons (Fsp3) is 0.571. The van der Waals surface area contributed by atoms with Crippen molar-refractivity contribution in [2.75, 3.05) is 0 Å². The fourth-order valence-corrected chi connectivity index (χ4v) is 3.02. The molecule has 0 radical (unpaired) electrons. The van der Waals surface area contributed by atoms with Gasteiger partial charge in [0, 0.05) is 6.42 Å². The Kier molecular flexibility index (Phi) is 2.81. The largest absolute Gasteiger partial charge is 0.368 e. The van der Waals surface area contributed by atoms with Crippen LogP contribution in [0, 0.1) is 20.8 Å². The van der Waals surface area contributed by atoms with Crippen LogP contribution in [0.3, 0.4) is 0 Å². The number of aryl methyl sites for hydroxylation is 3. The third kappa shape index (κ3) is 1.87. The maximum atomic E-state index is 9.54. The zero-order valence-electron chi connectivity index (χ0n) is 10.5. The van der Waals surface area contributed by atoms with Crippen LogP contribution in [0.2, 0.25) is 0 Å². The molecule has 1 aromatic carbocycles. The van der Waals surface area contributed by atoms with E-state index in [1.807, 2.05) is 0 Å². The Labute approximate surface area is 97.3 Å². The minimum Gasteiger partial charge on any atom is -0.368 e. The van der Waals surface area contributed by atoms with Crippen LogP contribution >= 0.6 is 0 Å². The second-order valence-electron chi connectivity index (χ2n) is 5.12. The highest BCUT2D eigenvalue weighted by Crippen LogP contribution is 2.41. The molecule has 0 aromatic heterocycles. The zero-order valence-corrected chi connectivity index (χ0v) is 10.5. The van der Waals surface area contributed by atoms with Crippen LogP contribution in [0.25, 0.3) is 0 Å². The fourth-order valence-electron chi connectivity index (χ4n) is 3.02. The first kappa shape index (κ1) is 11.6. The summed E-state index contributed by atoms with van der Waals surface area (Å²) in [7, 11) is 0. The van der Waals surface area contributed by atoms with E-state index in [0.29, 0.717) is 0 Å². The van der Waals surface area contributed by atoms with Gasteiger partial charge in [-0.25, -0.2) is 0 Å². The number of hydrogen-bond acceptors (Lipinski definition) is 2. The van der Waals surface area contributed by atoms with Gasteiger partial charge in [0.15, 0.2) is 6.29 Å². The average molecular weight is 220 g/mol. The van der Waals surface area contributed by atoms with E-state index in [4.69, 9.17) is 4.74 Å². The van der Waals surface area contributed by atoms with E-state index in [0.717, 1.165) is 12.8 Å². The normalized spacial score (nSPS) is 29.7. The molecule has 1 heterocycles. The molecular formula is C14H20O2. The Bertz CT molecular complexity index is 388. The van der Waals surface area contributed by atoms with Crippen molar-refractivity contribution in [2.45, 2.75) is 52.4 Å². The molecule has 0 spiro atoms. The summed E-state index contributed by atoms with van der Waals surface area (Å²) in [6, 6.07) is 4.36. The van der Waals surface area contributed by atoms with Crippen molar-refractivity contribution < 1.29 is 9.84 Å². The minimum absolute atomic E-state index is 0.318. The number of benzene rings is 1. The van der Waals surface area contributed by atoms with Crippen molar-refractivity contribution in [2.24, 2.45) is 0 Å². The van der Waals surface area contributed by atoms with Gasteiger partial charge in [-0.15, -0.1) is 0 Å². The predicted octanol–water partition coefficient (Wildman–Crippen LogP) is 2.96. The molecule has 2 heteroatoms. The van der Waals surface area contributed by atoms with Gasteiger partial charge in [-0.1, -0.05) is 17.7 Å². The molecule has 1 saturated heterocycles. The van der Waals surface area contributed by atoms with Crippen LogP contribution in [-0.2, 0) is 10.3 Å². The maximum absolute atomic E-state index is 9.54. The van der Waals surface area contributed by atoms with Crippen LogP contribution in [0.5, 0.6) is 0 Å². The summed E-state index contributed by atoms with van der Waals surface area (Å²) in [5.74, 6) is 0. The van der Waals surface area contributed by atoms with Gasteiger partial charge in [0.05, 0.1) is 5.60 Å².